The highest BCUT2D eigenvalue weighted by Crippen LogP contribution is 2.41. The predicted octanol–water partition coefficient (Wildman–Crippen LogP) is 6.03. The molecule has 0 aliphatic carbocycles. The number of benzene rings is 3. The van der Waals surface area contributed by atoms with E-state index in [1.54, 1.807) is 21.3 Å². The summed E-state index contributed by atoms with van der Waals surface area (Å²) in [5, 5.41) is 0.736. The molecule has 0 N–H and O–H groups in total. The van der Waals surface area contributed by atoms with Gasteiger partial charge < -0.3 is 14.2 Å². The van der Waals surface area contributed by atoms with Gasteiger partial charge in [0.25, 0.3) is 0 Å². The lowest BCUT2D eigenvalue weighted by atomic mass is 9.87. The zero-order chi connectivity index (χ0) is 22.5. The average Bonchev–Trinajstić information content (AvgIpc) is 2.83. The van der Waals surface area contributed by atoms with Crippen LogP contribution in [-0.4, -0.2) is 39.3 Å². The predicted molar refractivity (Wildman–Crippen MR) is 130 cm³/mol. The summed E-state index contributed by atoms with van der Waals surface area (Å²) in [5.41, 5.74) is 4.73. The van der Waals surface area contributed by atoms with E-state index >= 15 is 0 Å². The van der Waals surface area contributed by atoms with Crippen LogP contribution in [0.25, 0.3) is 6.08 Å². The maximum absolute atomic E-state index is 6.37. The molecule has 0 amide bonds. The van der Waals surface area contributed by atoms with Gasteiger partial charge in [0, 0.05) is 23.7 Å². The Morgan fingerprint density at radius 3 is 2.41 bits per heavy atom. The molecule has 0 saturated carbocycles. The Bertz CT molecular complexity index is 1110. The number of hydrogen-bond acceptors (Lipinski definition) is 4. The second-order valence-electron chi connectivity index (χ2n) is 7.75. The van der Waals surface area contributed by atoms with Gasteiger partial charge in [-0.15, -0.1) is 0 Å². The van der Waals surface area contributed by atoms with Crippen LogP contribution < -0.4 is 14.2 Å². The zero-order valence-corrected chi connectivity index (χ0v) is 19.4. The molecule has 3 aromatic rings. The minimum absolute atomic E-state index is 0.0691. The van der Waals surface area contributed by atoms with Crippen LogP contribution in [0.4, 0.5) is 0 Å². The first-order valence-electron chi connectivity index (χ1n) is 10.7. The van der Waals surface area contributed by atoms with E-state index in [1.165, 1.54) is 11.1 Å². The van der Waals surface area contributed by atoms with Gasteiger partial charge in [-0.1, -0.05) is 54.1 Å². The molecule has 1 heterocycles. The van der Waals surface area contributed by atoms with Crippen molar-refractivity contribution in [3.63, 3.8) is 0 Å². The van der Waals surface area contributed by atoms with Gasteiger partial charge in [0.15, 0.2) is 11.5 Å². The fourth-order valence-corrected chi connectivity index (χ4v) is 4.58. The van der Waals surface area contributed by atoms with E-state index in [2.05, 4.69) is 47.4 Å². The molecule has 4 nitrogen and oxygen atoms in total. The standard InChI is InChI=1S/C27H28ClNO3/c1-30-24-12-5-4-8-19(24)10-7-14-29-15-13-20-17-25(31-2)26(32-3)18-23(20)27(29)21-9-6-11-22(28)16-21/h4-12,16-18,27H,13-15H2,1-3H3/b10-7+/t27-/m0/s1. The molecule has 166 valence electrons. The average molecular weight is 450 g/mol. The SMILES string of the molecule is COc1ccccc1/C=C/CN1CCc2cc(OC)c(OC)cc2[C@@H]1c1cccc(Cl)c1. The molecular weight excluding hydrogens is 422 g/mol. The lowest BCUT2D eigenvalue weighted by Gasteiger charge is -2.37. The lowest BCUT2D eigenvalue weighted by Crippen LogP contribution is -2.36. The molecule has 4 rings (SSSR count). The van der Waals surface area contributed by atoms with Gasteiger partial charge >= 0.3 is 0 Å². The second-order valence-corrected chi connectivity index (χ2v) is 8.19. The minimum Gasteiger partial charge on any atom is -0.496 e. The fraction of sp³-hybridized carbons (Fsp3) is 0.259. The molecule has 32 heavy (non-hydrogen) atoms. The van der Waals surface area contributed by atoms with Crippen LogP contribution >= 0.6 is 11.6 Å². The van der Waals surface area contributed by atoms with Crippen LogP contribution in [0.2, 0.25) is 5.02 Å². The topological polar surface area (TPSA) is 30.9 Å². The Kier molecular flexibility index (Phi) is 7.03. The van der Waals surface area contributed by atoms with Crippen molar-refractivity contribution in [3.05, 3.63) is 94.0 Å². The summed E-state index contributed by atoms with van der Waals surface area (Å²) in [6.07, 6.45) is 5.26. The monoisotopic (exact) mass is 449 g/mol. The van der Waals surface area contributed by atoms with Crippen molar-refractivity contribution < 1.29 is 14.2 Å². The Morgan fingerprint density at radius 2 is 1.66 bits per heavy atom. The van der Waals surface area contributed by atoms with E-state index in [1.807, 2.05) is 30.3 Å². The van der Waals surface area contributed by atoms with Gasteiger partial charge in [0.05, 0.1) is 27.4 Å². The molecular formula is C27H28ClNO3. The molecule has 0 saturated heterocycles. The quantitative estimate of drug-likeness (QED) is 0.441. The van der Waals surface area contributed by atoms with Crippen LogP contribution in [0.15, 0.2) is 66.7 Å². The van der Waals surface area contributed by atoms with E-state index < -0.39 is 0 Å². The molecule has 0 bridgehead atoms. The first-order chi connectivity index (χ1) is 15.6. The Hall–Kier alpha value is -2.95. The number of nitrogens with zero attached hydrogens (tertiary/aromatic N) is 1. The third-order valence-corrected chi connectivity index (χ3v) is 6.15. The normalized spacial score (nSPS) is 16.1. The van der Waals surface area contributed by atoms with Gasteiger partial charge in [-0.25, -0.2) is 0 Å². The Balaban J connectivity index is 1.70. The van der Waals surface area contributed by atoms with Crippen molar-refractivity contribution in [2.75, 3.05) is 34.4 Å². The largest absolute Gasteiger partial charge is 0.496 e. The molecule has 0 aromatic heterocycles. The highest BCUT2D eigenvalue weighted by atomic mass is 35.5. The van der Waals surface area contributed by atoms with Gasteiger partial charge in [0.2, 0.25) is 0 Å². The molecule has 1 aliphatic heterocycles. The highest BCUT2D eigenvalue weighted by molar-refractivity contribution is 6.30. The van der Waals surface area contributed by atoms with Gasteiger partial charge in [-0.3, -0.25) is 4.90 Å². The smallest absolute Gasteiger partial charge is 0.161 e. The number of rotatable bonds is 7. The number of halogens is 1. The summed E-state index contributed by atoms with van der Waals surface area (Å²) in [5.74, 6) is 2.38. The minimum atomic E-state index is 0.0691. The zero-order valence-electron chi connectivity index (χ0n) is 18.7. The molecule has 0 radical (unpaired) electrons. The summed E-state index contributed by atoms with van der Waals surface area (Å²) < 4.78 is 16.6. The summed E-state index contributed by atoms with van der Waals surface area (Å²) in [6, 6.07) is 20.4. The van der Waals surface area contributed by atoms with E-state index in [0.29, 0.717) is 0 Å². The number of fused-ring (bicyclic) bond motifs is 1. The third-order valence-electron chi connectivity index (χ3n) is 5.91. The maximum Gasteiger partial charge on any atom is 0.161 e. The first kappa shape index (κ1) is 22.3. The fourth-order valence-electron chi connectivity index (χ4n) is 4.38. The van der Waals surface area contributed by atoms with Crippen LogP contribution in [0.3, 0.4) is 0 Å². The number of para-hydroxylation sites is 1. The molecule has 5 heteroatoms. The van der Waals surface area contributed by atoms with E-state index in [0.717, 1.165) is 52.9 Å². The molecule has 0 spiro atoms. The molecule has 1 atom stereocenters. The first-order valence-corrected chi connectivity index (χ1v) is 11.1. The highest BCUT2D eigenvalue weighted by Gasteiger charge is 2.30. The van der Waals surface area contributed by atoms with Gasteiger partial charge in [0.1, 0.15) is 5.75 Å². The molecule has 3 aromatic carbocycles. The summed E-state index contributed by atoms with van der Waals surface area (Å²) in [4.78, 5) is 2.46. The second kappa shape index (κ2) is 10.1. The van der Waals surface area contributed by atoms with Crippen LogP contribution in [0.5, 0.6) is 17.2 Å². The van der Waals surface area contributed by atoms with Crippen molar-refractivity contribution in [2.24, 2.45) is 0 Å². The number of methoxy groups -OCH3 is 3. The van der Waals surface area contributed by atoms with Gasteiger partial charge in [-0.2, -0.15) is 0 Å². The number of ether oxygens (including phenoxy) is 3. The molecule has 0 unspecified atom stereocenters. The maximum atomic E-state index is 6.37. The van der Waals surface area contributed by atoms with E-state index in [4.69, 9.17) is 25.8 Å². The van der Waals surface area contributed by atoms with Gasteiger partial charge in [-0.05, 0) is 53.4 Å². The number of hydrogen-bond donors (Lipinski definition) is 0. The van der Waals surface area contributed by atoms with Crippen molar-refractivity contribution >= 4 is 17.7 Å². The summed E-state index contributed by atoms with van der Waals surface area (Å²) >= 11 is 6.37. The molecule has 0 fully saturated rings. The van der Waals surface area contributed by atoms with Crippen LogP contribution in [0.1, 0.15) is 28.3 Å². The van der Waals surface area contributed by atoms with Crippen molar-refractivity contribution in [3.8, 4) is 17.2 Å². The van der Waals surface area contributed by atoms with Crippen LogP contribution in [0, 0.1) is 0 Å². The summed E-state index contributed by atoms with van der Waals surface area (Å²) in [6.45, 7) is 1.72. The molecule has 1 aliphatic rings. The Labute approximate surface area is 195 Å². The Morgan fingerprint density at radius 1 is 0.906 bits per heavy atom. The third kappa shape index (κ3) is 4.62. The van der Waals surface area contributed by atoms with E-state index in [9.17, 15) is 0 Å². The van der Waals surface area contributed by atoms with Crippen molar-refractivity contribution in [1.29, 1.82) is 0 Å². The van der Waals surface area contributed by atoms with Crippen LogP contribution in [-0.2, 0) is 6.42 Å². The van der Waals surface area contributed by atoms with Crippen molar-refractivity contribution in [1.82, 2.24) is 4.90 Å². The van der Waals surface area contributed by atoms with Crippen molar-refractivity contribution in [2.45, 2.75) is 12.5 Å². The summed E-state index contributed by atoms with van der Waals surface area (Å²) in [7, 11) is 5.05. The van der Waals surface area contributed by atoms with E-state index in [-0.39, 0.29) is 6.04 Å². The lowest BCUT2D eigenvalue weighted by molar-refractivity contribution is 0.236.